The summed E-state index contributed by atoms with van der Waals surface area (Å²) in [6, 6.07) is 9.60. The lowest BCUT2D eigenvalue weighted by Gasteiger charge is -2.42. The highest BCUT2D eigenvalue weighted by Gasteiger charge is 2.35. The third-order valence-electron chi connectivity index (χ3n) is 4.41. The molecule has 2 amide bonds. The number of amides is 2. The zero-order chi connectivity index (χ0) is 19.4. The number of ether oxygens (including phenoxy) is 1. The van der Waals surface area contributed by atoms with Crippen LogP contribution in [0.2, 0.25) is 0 Å². The van der Waals surface area contributed by atoms with Crippen LogP contribution in [0, 0.1) is 0 Å². The molecule has 1 aromatic heterocycles. The summed E-state index contributed by atoms with van der Waals surface area (Å²) in [7, 11) is 0. The first-order chi connectivity index (χ1) is 12.8. The number of aromatic nitrogens is 2. The molecule has 0 bridgehead atoms. The Morgan fingerprint density at radius 2 is 1.93 bits per heavy atom. The van der Waals surface area contributed by atoms with Crippen molar-refractivity contribution in [1.82, 2.24) is 19.4 Å². The average molecular weight is 370 g/mol. The summed E-state index contributed by atoms with van der Waals surface area (Å²) in [5, 5.41) is 0. The topological polar surface area (TPSA) is 67.7 Å². The number of carbonyl (C=O) groups excluding carboxylic acids is 2. The van der Waals surface area contributed by atoms with Crippen molar-refractivity contribution in [2.24, 2.45) is 0 Å². The van der Waals surface area contributed by atoms with Crippen LogP contribution in [0.15, 0.2) is 49.1 Å². The maximum Gasteiger partial charge on any atom is 0.410 e. The predicted molar refractivity (Wildman–Crippen MR) is 101 cm³/mol. The Kier molecular flexibility index (Phi) is 5.48. The molecule has 2 heterocycles. The molecule has 1 aliphatic heterocycles. The highest BCUT2D eigenvalue weighted by Crippen LogP contribution is 2.27. The first kappa shape index (κ1) is 18.9. The smallest absolute Gasteiger partial charge is 0.410 e. The van der Waals surface area contributed by atoms with E-state index < -0.39 is 5.60 Å². The van der Waals surface area contributed by atoms with Crippen molar-refractivity contribution in [2.45, 2.75) is 39.0 Å². The molecule has 0 spiro atoms. The second kappa shape index (κ2) is 7.82. The largest absolute Gasteiger partial charge is 0.444 e. The molecule has 144 valence electrons. The second-order valence-corrected chi connectivity index (χ2v) is 7.67. The maximum absolute atomic E-state index is 12.9. The number of piperazine rings is 1. The molecule has 7 heteroatoms. The minimum absolute atomic E-state index is 0.00527. The van der Waals surface area contributed by atoms with Crippen LogP contribution in [0.3, 0.4) is 0 Å². The van der Waals surface area contributed by atoms with E-state index in [1.165, 1.54) is 0 Å². The minimum Gasteiger partial charge on any atom is -0.444 e. The van der Waals surface area contributed by atoms with Gasteiger partial charge in [-0.2, -0.15) is 0 Å². The fourth-order valence-electron chi connectivity index (χ4n) is 3.16. The van der Waals surface area contributed by atoms with Gasteiger partial charge < -0.3 is 19.1 Å². The van der Waals surface area contributed by atoms with Crippen molar-refractivity contribution in [3.05, 3.63) is 54.6 Å². The fraction of sp³-hybridized carbons (Fsp3) is 0.450. The summed E-state index contributed by atoms with van der Waals surface area (Å²) < 4.78 is 7.27. The van der Waals surface area contributed by atoms with Gasteiger partial charge in [-0.05, 0) is 26.3 Å². The minimum atomic E-state index is -0.548. The zero-order valence-corrected chi connectivity index (χ0v) is 16.0. The number of rotatable bonds is 3. The molecule has 1 aliphatic rings. The Bertz CT molecular complexity index is 768. The maximum atomic E-state index is 12.9. The molecule has 1 fully saturated rings. The molecular weight excluding hydrogens is 344 g/mol. The van der Waals surface area contributed by atoms with E-state index in [0.717, 1.165) is 5.56 Å². The van der Waals surface area contributed by atoms with Crippen LogP contribution in [0.4, 0.5) is 4.79 Å². The van der Waals surface area contributed by atoms with E-state index in [1.807, 2.05) is 56.0 Å². The van der Waals surface area contributed by atoms with Crippen molar-refractivity contribution < 1.29 is 14.3 Å². The molecular formula is C20H26N4O3. The van der Waals surface area contributed by atoms with Gasteiger partial charge in [-0.15, -0.1) is 0 Å². The van der Waals surface area contributed by atoms with E-state index in [-0.39, 0.29) is 24.6 Å². The van der Waals surface area contributed by atoms with Gasteiger partial charge in [0.25, 0.3) is 0 Å². The number of hydrogen-bond donors (Lipinski definition) is 0. The van der Waals surface area contributed by atoms with Crippen LogP contribution < -0.4 is 0 Å². The lowest BCUT2D eigenvalue weighted by Crippen LogP contribution is -2.53. The molecule has 3 rings (SSSR count). The Labute approximate surface area is 159 Å². The van der Waals surface area contributed by atoms with Crippen LogP contribution in [-0.2, 0) is 16.1 Å². The molecule has 0 N–H and O–H groups in total. The van der Waals surface area contributed by atoms with Crippen molar-refractivity contribution in [2.75, 3.05) is 19.6 Å². The van der Waals surface area contributed by atoms with E-state index in [1.54, 1.807) is 28.2 Å². The van der Waals surface area contributed by atoms with Gasteiger partial charge >= 0.3 is 6.09 Å². The van der Waals surface area contributed by atoms with Crippen LogP contribution in [0.1, 0.15) is 32.4 Å². The van der Waals surface area contributed by atoms with Crippen LogP contribution >= 0.6 is 0 Å². The summed E-state index contributed by atoms with van der Waals surface area (Å²) >= 11 is 0. The van der Waals surface area contributed by atoms with Crippen LogP contribution in [-0.4, -0.2) is 56.6 Å². The van der Waals surface area contributed by atoms with Gasteiger partial charge in [0.15, 0.2) is 0 Å². The number of imidazole rings is 1. The van der Waals surface area contributed by atoms with Gasteiger partial charge in [0, 0.05) is 32.0 Å². The van der Waals surface area contributed by atoms with Gasteiger partial charge in [0.1, 0.15) is 12.1 Å². The summed E-state index contributed by atoms with van der Waals surface area (Å²) in [6.45, 7) is 7.12. The standard InChI is InChI=1S/C20H26N4O3/c1-20(2,3)27-19(26)23-11-12-24(18(25)14-22-10-9-21-15-22)17(13-23)16-7-5-4-6-8-16/h4-10,15,17H,11-14H2,1-3H3. The second-order valence-electron chi connectivity index (χ2n) is 7.67. The van der Waals surface area contributed by atoms with Gasteiger partial charge in [0.05, 0.1) is 12.4 Å². The quantitative estimate of drug-likeness (QED) is 0.833. The molecule has 1 aromatic carbocycles. The highest BCUT2D eigenvalue weighted by atomic mass is 16.6. The molecule has 0 saturated carbocycles. The first-order valence-electron chi connectivity index (χ1n) is 9.11. The molecule has 0 radical (unpaired) electrons. The SMILES string of the molecule is CC(C)(C)OC(=O)N1CCN(C(=O)Cn2ccnc2)C(c2ccccc2)C1. The summed E-state index contributed by atoms with van der Waals surface area (Å²) in [5.41, 5.74) is 0.456. The molecule has 2 aromatic rings. The molecule has 7 nitrogen and oxygen atoms in total. The van der Waals surface area contributed by atoms with Crippen molar-refractivity contribution in [3.8, 4) is 0 Å². The van der Waals surface area contributed by atoms with Gasteiger partial charge in [0.2, 0.25) is 5.91 Å². The van der Waals surface area contributed by atoms with Gasteiger partial charge in [-0.25, -0.2) is 9.78 Å². The first-order valence-corrected chi connectivity index (χ1v) is 9.11. The molecule has 1 atom stereocenters. The highest BCUT2D eigenvalue weighted by molar-refractivity contribution is 5.77. The van der Waals surface area contributed by atoms with Crippen LogP contribution in [0.5, 0.6) is 0 Å². The normalized spacial score (nSPS) is 17.7. The third kappa shape index (κ3) is 4.87. The lowest BCUT2D eigenvalue weighted by atomic mass is 10.0. The summed E-state index contributed by atoms with van der Waals surface area (Å²) in [6.07, 6.45) is 4.71. The molecule has 27 heavy (non-hydrogen) atoms. The summed E-state index contributed by atoms with van der Waals surface area (Å²) in [5.74, 6) is 0.00527. The molecule has 1 saturated heterocycles. The summed E-state index contributed by atoms with van der Waals surface area (Å²) in [4.78, 5) is 32.9. The van der Waals surface area contributed by atoms with E-state index in [4.69, 9.17) is 4.74 Å². The fourth-order valence-corrected chi connectivity index (χ4v) is 3.16. The number of nitrogens with zero attached hydrogens (tertiary/aromatic N) is 4. The lowest BCUT2D eigenvalue weighted by molar-refractivity contribution is -0.137. The van der Waals surface area contributed by atoms with E-state index >= 15 is 0 Å². The van der Waals surface area contributed by atoms with Crippen molar-refractivity contribution >= 4 is 12.0 Å². The van der Waals surface area contributed by atoms with E-state index in [0.29, 0.717) is 19.6 Å². The Hall–Kier alpha value is -2.83. The Morgan fingerprint density at radius 3 is 2.56 bits per heavy atom. The third-order valence-corrected chi connectivity index (χ3v) is 4.41. The number of carbonyl (C=O) groups is 2. The number of hydrogen-bond acceptors (Lipinski definition) is 4. The Balaban J connectivity index is 1.78. The van der Waals surface area contributed by atoms with Crippen molar-refractivity contribution in [1.29, 1.82) is 0 Å². The number of benzene rings is 1. The zero-order valence-electron chi connectivity index (χ0n) is 16.0. The Morgan fingerprint density at radius 1 is 1.19 bits per heavy atom. The van der Waals surface area contributed by atoms with Crippen molar-refractivity contribution in [3.63, 3.8) is 0 Å². The van der Waals surface area contributed by atoms with E-state index in [9.17, 15) is 9.59 Å². The average Bonchev–Trinajstić information content (AvgIpc) is 3.13. The van der Waals surface area contributed by atoms with E-state index in [2.05, 4.69) is 4.98 Å². The monoisotopic (exact) mass is 370 g/mol. The van der Waals surface area contributed by atoms with Gasteiger partial charge in [-0.1, -0.05) is 30.3 Å². The van der Waals surface area contributed by atoms with Gasteiger partial charge in [-0.3, -0.25) is 4.79 Å². The van der Waals surface area contributed by atoms with Crippen LogP contribution in [0.25, 0.3) is 0 Å². The molecule has 0 aliphatic carbocycles. The predicted octanol–water partition coefficient (Wildman–Crippen LogP) is 2.70. The molecule has 1 unspecified atom stereocenters.